The number of fused-ring (bicyclic) bond motifs is 4. The molecule has 2 bridgehead atoms. The third kappa shape index (κ3) is 35.1. The fourth-order valence-electron chi connectivity index (χ4n) is 17.2. The van der Waals surface area contributed by atoms with Gasteiger partial charge in [0.1, 0.15) is 59.9 Å². The van der Waals surface area contributed by atoms with E-state index < -0.39 is 168 Å². The summed E-state index contributed by atoms with van der Waals surface area (Å²) in [5.41, 5.74) is 2.29. The molecular formula is C94H134ClN19O22S2. The number of nitrogens with one attached hydrogen (secondary N) is 13. The van der Waals surface area contributed by atoms with Crippen molar-refractivity contribution in [2.75, 3.05) is 123 Å². The predicted molar refractivity (Wildman–Crippen MR) is 517 cm³/mol. The summed E-state index contributed by atoms with van der Waals surface area (Å²) in [6.45, 7) is 14.6. The van der Waals surface area contributed by atoms with Crippen molar-refractivity contribution in [3.05, 3.63) is 106 Å². The lowest BCUT2D eigenvalue weighted by molar-refractivity contribution is -0.143. The smallest absolute Gasteiger partial charge is 0.317 e. The van der Waals surface area contributed by atoms with Gasteiger partial charge < -0.3 is 98.9 Å². The molecule has 9 rings (SSSR count). The quantitative estimate of drug-likeness (QED) is 0.0267. The van der Waals surface area contributed by atoms with Crippen molar-refractivity contribution >= 4 is 158 Å². The van der Waals surface area contributed by atoms with Gasteiger partial charge in [-0.15, -0.1) is 0 Å². The van der Waals surface area contributed by atoms with E-state index in [4.69, 9.17) is 11.6 Å². The Bertz CT molecular complexity index is 5080. The number of piperidine rings is 1. The lowest BCUT2D eigenvalue weighted by Gasteiger charge is -2.34. The summed E-state index contributed by atoms with van der Waals surface area (Å²) in [6, 6.07) is 6.35. The van der Waals surface area contributed by atoms with Gasteiger partial charge in [0.05, 0.1) is 39.1 Å². The van der Waals surface area contributed by atoms with Crippen molar-refractivity contribution < 1.29 is 107 Å². The molecule has 10 atom stereocenters. The second-order valence-electron chi connectivity index (χ2n) is 37.3. The number of aromatic nitrogens is 2. The molecular weight excluding hydrogens is 1850 g/mol. The number of carboxylic acid groups (broad SMARTS) is 5. The highest BCUT2D eigenvalue weighted by atomic mass is 35.5. The zero-order valence-corrected chi connectivity index (χ0v) is 81.8. The Labute approximate surface area is 814 Å². The summed E-state index contributed by atoms with van der Waals surface area (Å²) < 4.78 is 0. The maximum Gasteiger partial charge on any atom is 0.317 e. The van der Waals surface area contributed by atoms with E-state index in [2.05, 4.69) is 68.5 Å². The lowest BCUT2D eigenvalue weighted by atomic mass is 9.96. The first kappa shape index (κ1) is 110. The van der Waals surface area contributed by atoms with Crippen molar-refractivity contribution in [3.63, 3.8) is 0 Å². The number of aliphatic carboxylic acids is 5. The summed E-state index contributed by atoms with van der Waals surface area (Å²) in [4.78, 5) is 253. The van der Waals surface area contributed by atoms with Gasteiger partial charge in [0.15, 0.2) is 0 Å². The van der Waals surface area contributed by atoms with Crippen LogP contribution in [0.5, 0.6) is 0 Å². The number of amides is 12. The van der Waals surface area contributed by atoms with Crippen LogP contribution in [0, 0.1) is 17.8 Å². The number of carbonyl (C=O) groups is 17. The molecule has 0 saturated carbocycles. The van der Waals surface area contributed by atoms with Crippen LogP contribution in [0.3, 0.4) is 0 Å². The molecule has 3 saturated heterocycles. The second-order valence-corrected chi connectivity index (χ2v) is 39.8. The van der Waals surface area contributed by atoms with Gasteiger partial charge in [-0.2, -0.15) is 23.5 Å². The highest BCUT2D eigenvalue weighted by molar-refractivity contribution is 7.98. The second kappa shape index (κ2) is 53.6. The van der Waals surface area contributed by atoms with E-state index in [9.17, 15) is 83.1 Å². The van der Waals surface area contributed by atoms with Crippen LogP contribution in [0.4, 0.5) is 0 Å². The number of rotatable bonds is 38. The third-order valence-electron chi connectivity index (χ3n) is 24.8. The largest absolute Gasteiger partial charge is 0.481 e. The fraction of sp³-hybridized carbons (Fsp3) is 0.585. The Morgan fingerprint density at radius 3 is 1.67 bits per heavy atom. The summed E-state index contributed by atoms with van der Waals surface area (Å²) in [5.74, 6) is -14.9. The van der Waals surface area contributed by atoms with Crippen molar-refractivity contribution in [2.45, 2.75) is 210 Å². The van der Waals surface area contributed by atoms with Gasteiger partial charge >= 0.3 is 29.8 Å². The van der Waals surface area contributed by atoms with Gasteiger partial charge in [0, 0.05) is 166 Å². The Morgan fingerprint density at radius 2 is 1.07 bits per heavy atom. The maximum absolute atomic E-state index is 15.8. The standard InChI is InChI=1S/C94H134ClN19O22S2/c1-9-57(6)83-91(134)96-25-37-137-52-58-14-12-15-59(40-58)53-138-54-74(89(132)108-94(7,8)93(136)106-70(39-56(4)5)88(131)107-83)105-85(128)69(38-55(2)3)102-84(127)68(21-22-78(117)118)101-90(133)75-18-13-26-114(75)92(135)73(42-61-46-98-67-20-19-62(95)43-65(61)67)104-86(129)71(41-60-45-97-66-17-11-10-16-64(60)66)103-87(130)72(44-79(119)120)100-77(116)48-109-27-23-63(24-28-109)99-76(115)47-110-29-31-111(49-80(121)122)33-35-113(51-82(125)126)36-34-112(32-30-110)50-81(123)124/h10-12,14-17,19-20,40,43,45-46,55-57,63,68-75,83,97-98H,9,13,18,21-39,41-42,44,47-54H2,1-8H3,(H,96,134)(H,99,115)(H,100,116)(H,101,133)(H,102,127)(H,103,130)(H,104,129)(H,105,128)(H,106,136)(H,107,131)(H,108,132)(H,117,118)(H,119,120)(H,121,122)(H,123,124)(H,125,126)/t57-,68-,69+,70-,71-,72-,73-,74-,75-,83-/m0/s1. The number of carbonyl (C=O) groups excluding carboxylic acids is 12. The average molecular weight is 1980 g/mol. The van der Waals surface area contributed by atoms with Crippen LogP contribution in [0.1, 0.15) is 142 Å². The van der Waals surface area contributed by atoms with E-state index in [1.165, 1.54) is 30.5 Å². The minimum Gasteiger partial charge on any atom is -0.481 e. The van der Waals surface area contributed by atoms with Crippen LogP contribution < -0.4 is 58.5 Å². The molecule has 4 aliphatic heterocycles. The van der Waals surface area contributed by atoms with E-state index in [1.807, 2.05) is 52.0 Å². The third-order valence-corrected chi connectivity index (χ3v) is 27.2. The van der Waals surface area contributed by atoms with Crippen LogP contribution in [-0.2, 0) is 106 Å². The number of hydrogen-bond acceptors (Lipinski definition) is 24. The van der Waals surface area contributed by atoms with Crippen molar-refractivity contribution in [1.29, 1.82) is 0 Å². The van der Waals surface area contributed by atoms with Crippen LogP contribution in [0.2, 0.25) is 5.02 Å². The van der Waals surface area contributed by atoms with E-state index in [1.54, 1.807) is 105 Å². The Morgan fingerprint density at radius 1 is 0.522 bits per heavy atom. The van der Waals surface area contributed by atoms with Crippen LogP contribution >= 0.6 is 35.1 Å². The lowest BCUT2D eigenvalue weighted by Crippen LogP contribution is -2.64. The molecule has 12 amide bonds. The van der Waals surface area contributed by atoms with E-state index in [-0.39, 0.29) is 185 Å². The van der Waals surface area contributed by atoms with Crippen molar-refractivity contribution in [1.82, 2.24) is 97.9 Å². The van der Waals surface area contributed by atoms with Crippen molar-refractivity contribution in [2.24, 2.45) is 17.8 Å². The van der Waals surface area contributed by atoms with Gasteiger partial charge in [-0.3, -0.25) is 106 Å². The maximum atomic E-state index is 15.8. The molecule has 0 unspecified atom stereocenters. The highest BCUT2D eigenvalue weighted by Gasteiger charge is 2.44. The first-order chi connectivity index (χ1) is 65.6. The number of nitrogens with zero attached hydrogens (tertiary/aromatic N) is 6. The van der Waals surface area contributed by atoms with Gasteiger partial charge in [-0.1, -0.05) is 102 Å². The number of carboxylic acids is 5. The number of aromatic amines is 2. The highest BCUT2D eigenvalue weighted by Crippen LogP contribution is 2.29. The minimum atomic E-state index is -1.80. The molecule has 5 aromatic rings. The van der Waals surface area contributed by atoms with Gasteiger partial charge in [-0.25, -0.2) is 0 Å². The molecule has 41 nitrogen and oxygen atoms in total. The summed E-state index contributed by atoms with van der Waals surface area (Å²) in [7, 11) is 0. The monoisotopic (exact) mass is 1980 g/mol. The summed E-state index contributed by atoms with van der Waals surface area (Å²) in [6.07, 6.45) is 1.97. The fourth-order valence-corrected chi connectivity index (χ4v) is 19.2. The number of benzene rings is 3. The molecule has 6 heterocycles. The predicted octanol–water partition coefficient (Wildman–Crippen LogP) is 1.68. The molecule has 756 valence electrons. The molecule has 0 spiro atoms. The number of likely N-dealkylation sites (tertiary alicyclic amines) is 2. The van der Waals surface area contributed by atoms with Gasteiger partial charge in [-0.05, 0) is 123 Å². The Kier molecular flexibility index (Phi) is 42.8. The zero-order valence-electron chi connectivity index (χ0n) is 79.4. The number of para-hydroxylation sites is 1. The zero-order chi connectivity index (χ0) is 101. The molecule has 18 N–H and O–H groups in total. The normalized spacial score (nSPS) is 20.3. The Hall–Kier alpha value is -11.5. The minimum absolute atomic E-state index is 0.0158. The molecule has 4 aliphatic rings. The SMILES string of the molecule is CC[C@H](C)[C@@H]1NC(=O)[C@H](CC(C)C)NC(=O)C(C)(C)NC(=O)[C@@H](NC(=O)[C@@H](CC(C)C)NC(=O)[C@H](CCC(=O)O)NC(=O)[C@@H]2CCCN2C(=O)[C@H](Cc2c[nH]c3ccc(Cl)cc23)NC(=O)[C@H](Cc2c[nH]c3ccccc23)NC(=O)[C@H](CC(=O)O)NC(=O)CN2CCC(NC(=O)CN3CCN(CC(=O)O)CCN(CC(=O)O)CCN(CC(=O)O)CC3)CC2)CSCc2cccc(c2)CSCCNC1=O. The van der Waals surface area contributed by atoms with Gasteiger partial charge in [0.25, 0.3) is 0 Å². The molecule has 3 fully saturated rings. The van der Waals surface area contributed by atoms with E-state index in [0.29, 0.717) is 81.0 Å². The van der Waals surface area contributed by atoms with E-state index in [0.717, 1.165) is 11.1 Å². The topological polar surface area (TPSA) is 575 Å². The van der Waals surface area contributed by atoms with Crippen LogP contribution in [-0.4, -0.2) is 354 Å². The number of thioether (sulfide) groups is 2. The number of hydrogen-bond donors (Lipinski definition) is 18. The van der Waals surface area contributed by atoms with Crippen LogP contribution in [0.15, 0.2) is 79.1 Å². The average Bonchev–Trinajstić information content (AvgIpc) is 1.66. The summed E-state index contributed by atoms with van der Waals surface area (Å²) >= 11 is 9.45. The van der Waals surface area contributed by atoms with Crippen molar-refractivity contribution in [3.8, 4) is 0 Å². The first-order valence-electron chi connectivity index (χ1n) is 46.9. The Balaban J connectivity index is 0.906. The molecule has 0 aliphatic carbocycles. The van der Waals surface area contributed by atoms with Crippen LogP contribution in [0.25, 0.3) is 21.8 Å². The summed E-state index contributed by atoms with van der Waals surface area (Å²) in [5, 5.41) is 81.6. The first-order valence-corrected chi connectivity index (χ1v) is 49.6. The molecule has 44 heteroatoms. The van der Waals surface area contributed by atoms with Gasteiger partial charge in [0.2, 0.25) is 70.9 Å². The number of H-pyrrole nitrogens is 2. The molecule has 2 aromatic heterocycles. The molecule has 0 radical (unpaired) electrons. The van der Waals surface area contributed by atoms with E-state index >= 15 is 24.0 Å². The molecule has 138 heavy (non-hydrogen) atoms. The molecule has 3 aromatic carbocycles. The number of halogens is 1.